The van der Waals surface area contributed by atoms with Crippen LogP contribution in [0.3, 0.4) is 0 Å². The lowest BCUT2D eigenvalue weighted by atomic mass is 9.87. The fourth-order valence-electron chi connectivity index (χ4n) is 2.87. The van der Waals surface area contributed by atoms with Gasteiger partial charge >= 0.3 is 0 Å². The highest BCUT2D eigenvalue weighted by Gasteiger charge is 2.22. The highest BCUT2D eigenvalue weighted by Crippen LogP contribution is 2.29. The molecule has 1 aromatic heterocycles. The molecule has 2 N–H and O–H groups in total. The van der Waals surface area contributed by atoms with E-state index in [0.717, 1.165) is 19.3 Å². The van der Waals surface area contributed by atoms with Crippen molar-refractivity contribution in [2.24, 2.45) is 0 Å². The fourth-order valence-corrected chi connectivity index (χ4v) is 2.87. The molecule has 0 aliphatic heterocycles. The van der Waals surface area contributed by atoms with Crippen molar-refractivity contribution in [3.05, 3.63) is 58.9 Å². The van der Waals surface area contributed by atoms with E-state index < -0.39 is 0 Å². The van der Waals surface area contributed by atoms with Gasteiger partial charge in [0.2, 0.25) is 0 Å². The van der Waals surface area contributed by atoms with Crippen molar-refractivity contribution in [1.29, 1.82) is 0 Å². The van der Waals surface area contributed by atoms with Crippen molar-refractivity contribution >= 4 is 11.7 Å². The van der Waals surface area contributed by atoms with E-state index in [1.165, 1.54) is 18.1 Å². The third-order valence-electron chi connectivity index (χ3n) is 4.01. The molecule has 4 nitrogen and oxygen atoms in total. The average molecular weight is 282 g/mol. The number of aromatic nitrogens is 1. The Morgan fingerprint density at radius 2 is 2.10 bits per heavy atom. The molecule has 1 aromatic carbocycles. The van der Waals surface area contributed by atoms with E-state index in [4.69, 9.17) is 0 Å². The molecule has 1 heterocycles. The zero-order valence-electron chi connectivity index (χ0n) is 12.0. The van der Waals surface area contributed by atoms with Gasteiger partial charge in [0.1, 0.15) is 5.69 Å². The predicted molar refractivity (Wildman–Crippen MR) is 80.4 cm³/mol. The van der Waals surface area contributed by atoms with E-state index >= 15 is 0 Å². The first-order valence-electron chi connectivity index (χ1n) is 7.23. The molecule has 1 unspecified atom stereocenters. The van der Waals surface area contributed by atoms with Crippen LogP contribution < -0.4 is 5.32 Å². The maximum Gasteiger partial charge on any atom is 0.268 e. The van der Waals surface area contributed by atoms with Crippen LogP contribution in [0.2, 0.25) is 0 Å². The Morgan fingerprint density at radius 3 is 2.86 bits per heavy atom. The number of nitrogens with one attached hydrogen (secondary N) is 2. The van der Waals surface area contributed by atoms with Crippen LogP contribution in [0.1, 0.15) is 57.8 Å². The number of benzene rings is 1. The Bertz CT molecular complexity index is 688. The zero-order chi connectivity index (χ0) is 14.8. The summed E-state index contributed by atoms with van der Waals surface area (Å²) in [6.07, 6.45) is 4.67. The zero-order valence-corrected chi connectivity index (χ0v) is 12.0. The van der Waals surface area contributed by atoms with Crippen LogP contribution in [-0.4, -0.2) is 16.7 Å². The lowest BCUT2D eigenvalue weighted by Gasteiger charge is -2.26. The molecule has 21 heavy (non-hydrogen) atoms. The Morgan fingerprint density at radius 1 is 1.29 bits per heavy atom. The maximum absolute atomic E-state index is 12.3. The number of amides is 1. The molecule has 0 spiro atoms. The molecule has 4 heteroatoms. The van der Waals surface area contributed by atoms with Crippen LogP contribution in [0, 0.1) is 0 Å². The van der Waals surface area contributed by atoms with Crippen molar-refractivity contribution in [3.8, 4) is 0 Å². The van der Waals surface area contributed by atoms with Gasteiger partial charge in [-0.15, -0.1) is 0 Å². The SMILES string of the molecule is CC(=O)c1c[nH]c(C(=O)NC2CCCc3ccccc32)c1. The average Bonchev–Trinajstić information content (AvgIpc) is 2.98. The monoisotopic (exact) mass is 282 g/mol. The number of hydrogen-bond donors (Lipinski definition) is 2. The molecular weight excluding hydrogens is 264 g/mol. The molecule has 2 aromatic rings. The number of fused-ring (bicyclic) bond motifs is 1. The van der Waals surface area contributed by atoms with Crippen molar-refractivity contribution < 1.29 is 9.59 Å². The molecule has 1 aliphatic carbocycles. The first-order valence-corrected chi connectivity index (χ1v) is 7.23. The highest BCUT2D eigenvalue weighted by atomic mass is 16.2. The van der Waals surface area contributed by atoms with E-state index in [2.05, 4.69) is 22.4 Å². The summed E-state index contributed by atoms with van der Waals surface area (Å²) in [5.74, 6) is -0.211. The van der Waals surface area contributed by atoms with E-state index in [9.17, 15) is 9.59 Å². The molecule has 1 amide bonds. The Labute approximate surface area is 123 Å². The van der Waals surface area contributed by atoms with Gasteiger partial charge in [0.25, 0.3) is 5.91 Å². The Kier molecular flexibility index (Phi) is 3.60. The number of H-pyrrole nitrogens is 1. The number of Topliss-reactive ketones (excluding diaryl/α,β-unsaturated/α-hetero) is 1. The summed E-state index contributed by atoms with van der Waals surface area (Å²) in [6, 6.07) is 9.89. The van der Waals surface area contributed by atoms with Crippen LogP contribution in [-0.2, 0) is 6.42 Å². The molecule has 0 radical (unpaired) electrons. The summed E-state index contributed by atoms with van der Waals surface area (Å²) in [5, 5.41) is 3.06. The van der Waals surface area contributed by atoms with Crippen LogP contribution in [0.5, 0.6) is 0 Å². The number of hydrogen-bond acceptors (Lipinski definition) is 2. The largest absolute Gasteiger partial charge is 0.356 e. The Hall–Kier alpha value is -2.36. The highest BCUT2D eigenvalue weighted by molar-refractivity contribution is 5.99. The standard InChI is InChI=1S/C17H18N2O2/c1-11(20)13-9-16(18-10-13)17(21)19-15-8-4-6-12-5-2-3-7-14(12)15/h2-3,5,7,9-10,15,18H,4,6,8H2,1H3,(H,19,21). The van der Waals surface area contributed by atoms with E-state index in [-0.39, 0.29) is 17.7 Å². The summed E-state index contributed by atoms with van der Waals surface area (Å²) in [6.45, 7) is 1.49. The first-order chi connectivity index (χ1) is 10.1. The van der Waals surface area contributed by atoms with Gasteiger partial charge in [-0.05, 0) is 43.4 Å². The van der Waals surface area contributed by atoms with Crippen LogP contribution in [0.15, 0.2) is 36.5 Å². The molecule has 3 rings (SSSR count). The van der Waals surface area contributed by atoms with Gasteiger partial charge in [0, 0.05) is 11.8 Å². The molecule has 0 bridgehead atoms. The van der Waals surface area contributed by atoms with E-state index in [0.29, 0.717) is 11.3 Å². The molecule has 108 valence electrons. The summed E-state index contributed by atoms with van der Waals surface area (Å²) >= 11 is 0. The number of carbonyl (C=O) groups is 2. The Balaban J connectivity index is 1.77. The fraction of sp³-hybridized carbons (Fsp3) is 0.294. The lowest BCUT2D eigenvalue weighted by Crippen LogP contribution is -2.31. The van der Waals surface area contributed by atoms with Crippen LogP contribution >= 0.6 is 0 Å². The van der Waals surface area contributed by atoms with Crippen molar-refractivity contribution in [2.45, 2.75) is 32.2 Å². The van der Waals surface area contributed by atoms with Crippen molar-refractivity contribution in [1.82, 2.24) is 10.3 Å². The molecule has 0 saturated heterocycles. The minimum absolute atomic E-state index is 0.0477. The second-order valence-corrected chi connectivity index (χ2v) is 5.48. The third kappa shape index (κ3) is 2.75. The number of aromatic amines is 1. The van der Waals surface area contributed by atoms with Crippen LogP contribution in [0.25, 0.3) is 0 Å². The minimum Gasteiger partial charge on any atom is -0.356 e. The number of rotatable bonds is 3. The predicted octanol–water partition coefficient (Wildman–Crippen LogP) is 3.02. The summed E-state index contributed by atoms with van der Waals surface area (Å²) in [4.78, 5) is 26.5. The molecule has 1 atom stereocenters. The lowest BCUT2D eigenvalue weighted by molar-refractivity contribution is 0.0928. The molecule has 0 fully saturated rings. The molecular formula is C17H18N2O2. The van der Waals surface area contributed by atoms with Gasteiger partial charge in [-0.2, -0.15) is 0 Å². The molecule has 1 aliphatic rings. The first kappa shape index (κ1) is 13.6. The topological polar surface area (TPSA) is 62.0 Å². The maximum atomic E-state index is 12.3. The van der Waals surface area contributed by atoms with E-state index in [1.54, 1.807) is 12.3 Å². The minimum atomic E-state index is -0.163. The smallest absolute Gasteiger partial charge is 0.268 e. The van der Waals surface area contributed by atoms with Gasteiger partial charge in [0.15, 0.2) is 5.78 Å². The normalized spacial score (nSPS) is 17.1. The number of carbonyl (C=O) groups excluding carboxylic acids is 2. The van der Waals surface area contributed by atoms with Gasteiger partial charge in [-0.25, -0.2) is 0 Å². The number of ketones is 1. The van der Waals surface area contributed by atoms with Gasteiger partial charge in [-0.3, -0.25) is 9.59 Å². The van der Waals surface area contributed by atoms with E-state index in [1.807, 2.05) is 12.1 Å². The van der Waals surface area contributed by atoms with Gasteiger partial charge < -0.3 is 10.3 Å². The number of aryl methyl sites for hydroxylation is 1. The third-order valence-corrected chi connectivity index (χ3v) is 4.01. The molecule has 0 saturated carbocycles. The summed E-state index contributed by atoms with van der Waals surface area (Å²) < 4.78 is 0. The van der Waals surface area contributed by atoms with Gasteiger partial charge in [-0.1, -0.05) is 24.3 Å². The van der Waals surface area contributed by atoms with Crippen molar-refractivity contribution in [2.75, 3.05) is 0 Å². The summed E-state index contributed by atoms with van der Waals surface area (Å²) in [5.41, 5.74) is 3.48. The van der Waals surface area contributed by atoms with Crippen molar-refractivity contribution in [3.63, 3.8) is 0 Å². The quantitative estimate of drug-likeness (QED) is 0.850. The second-order valence-electron chi connectivity index (χ2n) is 5.48. The van der Waals surface area contributed by atoms with Gasteiger partial charge in [0.05, 0.1) is 6.04 Å². The van der Waals surface area contributed by atoms with Crippen LogP contribution in [0.4, 0.5) is 0 Å². The summed E-state index contributed by atoms with van der Waals surface area (Å²) in [7, 11) is 0. The second kappa shape index (κ2) is 5.56.